The number of halogens is 1. The Morgan fingerprint density at radius 1 is 1.50 bits per heavy atom. The van der Waals surface area contributed by atoms with Gasteiger partial charge in [-0.3, -0.25) is 0 Å². The first-order valence-corrected chi connectivity index (χ1v) is 5.07. The van der Waals surface area contributed by atoms with Crippen LogP contribution in [0.5, 0.6) is 0 Å². The van der Waals surface area contributed by atoms with E-state index in [1.165, 1.54) is 28.4 Å². The summed E-state index contributed by atoms with van der Waals surface area (Å²) in [4.78, 5) is 0. The lowest BCUT2D eigenvalue weighted by molar-refractivity contribution is 0.590. The molecule has 2 rings (SSSR count). The number of rotatable bonds is 1. The van der Waals surface area contributed by atoms with Crippen molar-refractivity contribution in [2.24, 2.45) is 0 Å². The van der Waals surface area contributed by atoms with Gasteiger partial charge in [-0.05, 0) is 37.1 Å². The Morgan fingerprint density at radius 2 is 2.33 bits per heavy atom. The Kier molecular flexibility index (Phi) is 2.20. The average Bonchev–Trinajstić information content (AvgIpc) is 2.49. The second-order valence-corrected chi connectivity index (χ2v) is 4.04. The zero-order valence-electron chi connectivity index (χ0n) is 7.10. The molecule has 1 atom stereocenters. The first kappa shape index (κ1) is 8.27. The van der Waals surface area contributed by atoms with Crippen LogP contribution >= 0.6 is 15.9 Å². The Morgan fingerprint density at radius 3 is 3.08 bits per heavy atom. The lowest BCUT2D eigenvalue weighted by Crippen LogP contribution is -2.12. The molecule has 1 N–H and O–H groups in total. The fourth-order valence-electron chi connectivity index (χ4n) is 1.91. The van der Waals surface area contributed by atoms with Crippen molar-refractivity contribution >= 4 is 15.9 Å². The first-order chi connectivity index (χ1) is 5.83. The molecule has 2 heteroatoms. The lowest BCUT2D eigenvalue weighted by atomic mass is 10.1. The first-order valence-electron chi connectivity index (χ1n) is 4.27. The van der Waals surface area contributed by atoms with Crippen LogP contribution in [0.1, 0.15) is 23.6 Å². The van der Waals surface area contributed by atoms with Crippen molar-refractivity contribution in [3.63, 3.8) is 0 Å². The number of hydrogen-bond donors (Lipinski definition) is 1. The maximum Gasteiger partial charge on any atom is 0.0323 e. The lowest BCUT2D eigenvalue weighted by Gasteiger charge is -2.09. The zero-order chi connectivity index (χ0) is 8.55. The molecule has 12 heavy (non-hydrogen) atoms. The van der Waals surface area contributed by atoms with Gasteiger partial charge in [-0.2, -0.15) is 0 Å². The number of nitrogens with one attached hydrogen (secondary N) is 1. The molecule has 0 fully saturated rings. The van der Waals surface area contributed by atoms with E-state index in [-0.39, 0.29) is 0 Å². The molecule has 0 bridgehead atoms. The van der Waals surface area contributed by atoms with Crippen LogP contribution < -0.4 is 5.32 Å². The predicted octanol–water partition coefficient (Wildman–Crippen LogP) is 2.66. The van der Waals surface area contributed by atoms with Crippen molar-refractivity contribution in [3.8, 4) is 0 Å². The van der Waals surface area contributed by atoms with Crippen molar-refractivity contribution in [2.75, 3.05) is 7.05 Å². The van der Waals surface area contributed by atoms with E-state index in [2.05, 4.69) is 39.4 Å². The van der Waals surface area contributed by atoms with E-state index in [0.717, 1.165) is 0 Å². The van der Waals surface area contributed by atoms with E-state index >= 15 is 0 Å². The molecule has 0 radical (unpaired) electrons. The van der Waals surface area contributed by atoms with Crippen molar-refractivity contribution in [1.82, 2.24) is 5.32 Å². The van der Waals surface area contributed by atoms with Gasteiger partial charge in [-0.1, -0.05) is 28.1 Å². The maximum absolute atomic E-state index is 3.58. The molecule has 0 aromatic heterocycles. The molecular formula is C10H12BrN. The number of benzene rings is 1. The molecule has 0 spiro atoms. The van der Waals surface area contributed by atoms with Crippen molar-refractivity contribution in [3.05, 3.63) is 33.8 Å². The molecule has 0 heterocycles. The highest BCUT2D eigenvalue weighted by Gasteiger charge is 2.21. The van der Waals surface area contributed by atoms with Crippen LogP contribution in [0.3, 0.4) is 0 Å². The molecular weight excluding hydrogens is 214 g/mol. The zero-order valence-corrected chi connectivity index (χ0v) is 8.69. The van der Waals surface area contributed by atoms with E-state index < -0.39 is 0 Å². The van der Waals surface area contributed by atoms with Crippen LogP contribution in [0, 0.1) is 0 Å². The SMILES string of the molecule is CN[C@@H]1CCc2c(Br)cccc21. The van der Waals surface area contributed by atoms with E-state index in [1.54, 1.807) is 0 Å². The summed E-state index contributed by atoms with van der Waals surface area (Å²) >= 11 is 3.58. The van der Waals surface area contributed by atoms with Crippen LogP contribution in [0.25, 0.3) is 0 Å². The Hall–Kier alpha value is -0.340. The van der Waals surface area contributed by atoms with Gasteiger partial charge in [0.2, 0.25) is 0 Å². The minimum absolute atomic E-state index is 0.567. The van der Waals surface area contributed by atoms with Gasteiger partial charge in [-0.25, -0.2) is 0 Å². The van der Waals surface area contributed by atoms with Gasteiger partial charge < -0.3 is 5.32 Å². The second-order valence-electron chi connectivity index (χ2n) is 3.19. The highest BCUT2D eigenvalue weighted by Crippen LogP contribution is 2.34. The van der Waals surface area contributed by atoms with Crippen LogP contribution in [0.4, 0.5) is 0 Å². The van der Waals surface area contributed by atoms with Crippen LogP contribution in [0.2, 0.25) is 0 Å². The molecule has 1 aromatic carbocycles. The summed E-state index contributed by atoms with van der Waals surface area (Å²) in [5.41, 5.74) is 2.95. The van der Waals surface area contributed by atoms with Crippen LogP contribution in [0.15, 0.2) is 22.7 Å². The molecule has 1 aliphatic rings. The van der Waals surface area contributed by atoms with Gasteiger partial charge in [0.15, 0.2) is 0 Å². The standard InChI is InChI=1S/C10H12BrN/c1-12-10-6-5-7-8(10)3-2-4-9(7)11/h2-4,10,12H,5-6H2,1H3/t10-/m1/s1. The Labute approximate surface area is 81.3 Å². The van der Waals surface area contributed by atoms with E-state index in [1.807, 2.05) is 7.05 Å². The van der Waals surface area contributed by atoms with Crippen LogP contribution in [-0.4, -0.2) is 7.05 Å². The van der Waals surface area contributed by atoms with Gasteiger partial charge in [-0.15, -0.1) is 0 Å². The fourth-order valence-corrected chi connectivity index (χ4v) is 2.49. The van der Waals surface area contributed by atoms with Gasteiger partial charge in [0.05, 0.1) is 0 Å². The maximum atomic E-state index is 3.58. The van der Waals surface area contributed by atoms with Gasteiger partial charge in [0.25, 0.3) is 0 Å². The molecule has 0 aliphatic heterocycles. The highest BCUT2D eigenvalue weighted by atomic mass is 79.9. The summed E-state index contributed by atoms with van der Waals surface area (Å²) in [6.45, 7) is 0. The van der Waals surface area contributed by atoms with Crippen molar-refractivity contribution in [2.45, 2.75) is 18.9 Å². The molecule has 1 aromatic rings. The number of hydrogen-bond acceptors (Lipinski definition) is 1. The molecule has 0 unspecified atom stereocenters. The molecule has 0 saturated heterocycles. The van der Waals surface area contributed by atoms with E-state index in [4.69, 9.17) is 0 Å². The molecule has 0 saturated carbocycles. The average molecular weight is 226 g/mol. The molecule has 0 amide bonds. The van der Waals surface area contributed by atoms with Crippen LogP contribution in [-0.2, 0) is 6.42 Å². The molecule has 1 nitrogen and oxygen atoms in total. The Balaban J connectivity index is 2.46. The van der Waals surface area contributed by atoms with Crippen molar-refractivity contribution in [1.29, 1.82) is 0 Å². The van der Waals surface area contributed by atoms with Crippen molar-refractivity contribution < 1.29 is 0 Å². The summed E-state index contributed by atoms with van der Waals surface area (Å²) in [5.74, 6) is 0. The second kappa shape index (κ2) is 3.19. The third-order valence-corrected chi connectivity index (χ3v) is 3.30. The summed E-state index contributed by atoms with van der Waals surface area (Å²) in [5, 5.41) is 3.33. The minimum atomic E-state index is 0.567. The predicted molar refractivity (Wildman–Crippen MR) is 54.3 cm³/mol. The normalized spacial score (nSPS) is 21.0. The summed E-state index contributed by atoms with van der Waals surface area (Å²) in [6, 6.07) is 7.02. The topological polar surface area (TPSA) is 12.0 Å². The monoisotopic (exact) mass is 225 g/mol. The summed E-state index contributed by atoms with van der Waals surface area (Å²) < 4.78 is 1.26. The number of fused-ring (bicyclic) bond motifs is 1. The smallest absolute Gasteiger partial charge is 0.0323 e. The van der Waals surface area contributed by atoms with Gasteiger partial charge in [0, 0.05) is 10.5 Å². The fraction of sp³-hybridized carbons (Fsp3) is 0.400. The quantitative estimate of drug-likeness (QED) is 0.776. The minimum Gasteiger partial charge on any atom is -0.313 e. The van der Waals surface area contributed by atoms with Gasteiger partial charge >= 0.3 is 0 Å². The third kappa shape index (κ3) is 1.19. The van der Waals surface area contributed by atoms with E-state index in [9.17, 15) is 0 Å². The summed E-state index contributed by atoms with van der Waals surface area (Å²) in [7, 11) is 2.03. The largest absolute Gasteiger partial charge is 0.313 e. The Bertz CT molecular complexity index is 296. The highest BCUT2D eigenvalue weighted by molar-refractivity contribution is 9.10. The third-order valence-electron chi connectivity index (χ3n) is 2.56. The van der Waals surface area contributed by atoms with Gasteiger partial charge in [0.1, 0.15) is 0 Å². The molecule has 1 aliphatic carbocycles. The van der Waals surface area contributed by atoms with E-state index in [0.29, 0.717) is 6.04 Å². The molecule has 64 valence electrons. The summed E-state index contributed by atoms with van der Waals surface area (Å²) in [6.07, 6.45) is 2.43.